The topological polar surface area (TPSA) is 101 Å². The molecular weight excluding hydrogens is 386 g/mol. The molecule has 3 amide bonds. The Morgan fingerprint density at radius 3 is 2.29 bits per heavy atom. The van der Waals surface area contributed by atoms with Gasteiger partial charge in [0.05, 0.1) is 11.5 Å². The number of nitro groups is 1. The molecule has 1 aliphatic rings. The van der Waals surface area contributed by atoms with Gasteiger partial charge in [-0.15, -0.1) is 0 Å². The summed E-state index contributed by atoms with van der Waals surface area (Å²) in [5.74, 6) is -1.83. The molecule has 2 aromatic rings. The Morgan fingerprint density at radius 2 is 1.68 bits per heavy atom. The Kier molecular flexibility index (Phi) is 5.70. The molecule has 0 saturated carbocycles. The predicted octanol–water partition coefficient (Wildman–Crippen LogP) is 3.34. The van der Waals surface area contributed by atoms with Crippen molar-refractivity contribution in [2.24, 2.45) is 0 Å². The fourth-order valence-corrected chi connectivity index (χ4v) is 3.09. The molecule has 0 bridgehead atoms. The Hall–Kier alpha value is -3.26. The maximum Gasteiger partial charge on any atom is 0.282 e. The number of hydrogen-bond donors (Lipinski definition) is 0. The molecule has 1 heterocycles. The number of carbonyl (C=O) groups is 3. The number of hydrogen-bond acceptors (Lipinski definition) is 5. The van der Waals surface area contributed by atoms with Crippen molar-refractivity contribution in [3.05, 3.63) is 74.8 Å². The van der Waals surface area contributed by atoms with E-state index in [-0.39, 0.29) is 24.9 Å². The summed E-state index contributed by atoms with van der Waals surface area (Å²) in [5.41, 5.74) is 0.0145. The number of nitro benzene ring substituents is 1. The van der Waals surface area contributed by atoms with E-state index in [1.54, 1.807) is 24.3 Å². The van der Waals surface area contributed by atoms with Gasteiger partial charge in [-0.2, -0.15) is 5.01 Å². The van der Waals surface area contributed by atoms with E-state index in [1.165, 1.54) is 24.3 Å². The van der Waals surface area contributed by atoms with Crippen molar-refractivity contribution >= 4 is 35.0 Å². The number of imide groups is 1. The van der Waals surface area contributed by atoms with Crippen molar-refractivity contribution in [3.63, 3.8) is 0 Å². The number of carbonyl (C=O) groups excluding carboxylic acids is 3. The SMILES string of the molecule is O=C(c1ccccc1[N+](=O)[O-])N(Cc1ccc(Cl)cc1)N1C(=O)CCCC1=O. The highest BCUT2D eigenvalue weighted by Crippen LogP contribution is 2.25. The average molecular weight is 402 g/mol. The van der Waals surface area contributed by atoms with Crippen molar-refractivity contribution in [2.75, 3.05) is 0 Å². The van der Waals surface area contributed by atoms with Crippen molar-refractivity contribution < 1.29 is 19.3 Å². The molecule has 0 aliphatic carbocycles. The van der Waals surface area contributed by atoms with Gasteiger partial charge in [-0.25, -0.2) is 5.01 Å². The minimum Gasteiger partial charge on any atom is -0.273 e. The molecule has 0 atom stereocenters. The third kappa shape index (κ3) is 4.01. The highest BCUT2D eigenvalue weighted by atomic mass is 35.5. The molecule has 0 spiro atoms. The maximum atomic E-state index is 13.2. The number of amides is 3. The molecule has 0 unspecified atom stereocenters. The van der Waals surface area contributed by atoms with Crippen LogP contribution in [0.25, 0.3) is 0 Å². The molecule has 1 aliphatic heterocycles. The lowest BCUT2D eigenvalue weighted by Gasteiger charge is -2.35. The van der Waals surface area contributed by atoms with Crippen molar-refractivity contribution in [1.29, 1.82) is 0 Å². The van der Waals surface area contributed by atoms with Gasteiger partial charge >= 0.3 is 0 Å². The van der Waals surface area contributed by atoms with Crippen LogP contribution in [0.1, 0.15) is 35.2 Å². The largest absolute Gasteiger partial charge is 0.282 e. The highest BCUT2D eigenvalue weighted by molar-refractivity contribution is 6.30. The maximum absolute atomic E-state index is 13.2. The van der Waals surface area contributed by atoms with E-state index in [4.69, 9.17) is 11.6 Å². The zero-order chi connectivity index (χ0) is 20.3. The number of rotatable bonds is 5. The summed E-state index contributed by atoms with van der Waals surface area (Å²) in [6.45, 7) is -0.112. The van der Waals surface area contributed by atoms with E-state index in [0.29, 0.717) is 17.0 Å². The second-order valence-electron chi connectivity index (χ2n) is 6.22. The number of halogens is 1. The molecule has 0 aromatic heterocycles. The third-order valence-electron chi connectivity index (χ3n) is 4.31. The Labute approximate surface area is 165 Å². The van der Waals surface area contributed by atoms with Crippen LogP contribution >= 0.6 is 11.6 Å². The summed E-state index contributed by atoms with van der Waals surface area (Å²) in [5, 5.41) is 13.6. The molecule has 9 heteroatoms. The van der Waals surface area contributed by atoms with Gasteiger partial charge in [-0.05, 0) is 30.2 Å². The van der Waals surface area contributed by atoms with Gasteiger partial charge in [0, 0.05) is 23.9 Å². The summed E-state index contributed by atoms with van der Waals surface area (Å²) in [6, 6.07) is 12.0. The van der Waals surface area contributed by atoms with E-state index in [2.05, 4.69) is 0 Å². The van der Waals surface area contributed by atoms with E-state index < -0.39 is 28.3 Å². The second-order valence-corrected chi connectivity index (χ2v) is 6.65. The molecule has 3 rings (SSSR count). The molecule has 28 heavy (non-hydrogen) atoms. The lowest BCUT2D eigenvalue weighted by atomic mass is 10.1. The average Bonchev–Trinajstić information content (AvgIpc) is 2.68. The first-order chi connectivity index (χ1) is 13.4. The van der Waals surface area contributed by atoms with Gasteiger partial charge in [0.15, 0.2) is 0 Å². The van der Waals surface area contributed by atoms with Crippen LogP contribution in [-0.4, -0.2) is 32.7 Å². The van der Waals surface area contributed by atoms with Gasteiger partial charge in [0.25, 0.3) is 11.6 Å². The molecule has 0 N–H and O–H groups in total. The smallest absolute Gasteiger partial charge is 0.273 e. The van der Waals surface area contributed by atoms with Gasteiger partial charge in [0.1, 0.15) is 5.56 Å². The number of benzene rings is 2. The van der Waals surface area contributed by atoms with Crippen LogP contribution in [0, 0.1) is 10.1 Å². The fraction of sp³-hybridized carbons (Fsp3) is 0.211. The van der Waals surface area contributed by atoms with Crippen LogP contribution in [0.2, 0.25) is 5.02 Å². The van der Waals surface area contributed by atoms with Crippen LogP contribution < -0.4 is 0 Å². The second kappa shape index (κ2) is 8.18. The molecule has 144 valence electrons. The van der Waals surface area contributed by atoms with Crippen LogP contribution in [-0.2, 0) is 16.1 Å². The predicted molar refractivity (Wildman–Crippen MR) is 100 cm³/mol. The molecule has 8 nitrogen and oxygen atoms in total. The summed E-state index contributed by atoms with van der Waals surface area (Å²) < 4.78 is 0. The van der Waals surface area contributed by atoms with Crippen LogP contribution in [0.5, 0.6) is 0 Å². The van der Waals surface area contributed by atoms with Crippen molar-refractivity contribution in [1.82, 2.24) is 10.0 Å². The number of piperidine rings is 1. The highest BCUT2D eigenvalue weighted by Gasteiger charge is 2.36. The number of nitrogens with zero attached hydrogens (tertiary/aromatic N) is 3. The van der Waals surface area contributed by atoms with E-state index in [1.807, 2.05) is 0 Å². The fourth-order valence-electron chi connectivity index (χ4n) is 2.96. The monoisotopic (exact) mass is 401 g/mol. The normalized spacial score (nSPS) is 14.1. The first-order valence-corrected chi connectivity index (χ1v) is 8.91. The Morgan fingerprint density at radius 1 is 1.07 bits per heavy atom. The van der Waals surface area contributed by atoms with E-state index >= 15 is 0 Å². The standard InChI is InChI=1S/C19H16ClN3O5/c20-14-10-8-13(9-11-14)12-21(22-17(24)6-3-7-18(22)25)19(26)15-4-1-2-5-16(15)23(27)28/h1-2,4-5,8-11H,3,6-7,12H2. The third-order valence-corrected chi connectivity index (χ3v) is 4.56. The van der Waals surface area contributed by atoms with Crippen LogP contribution in [0.4, 0.5) is 5.69 Å². The summed E-state index contributed by atoms with van der Waals surface area (Å²) in [6.07, 6.45) is 0.642. The minimum atomic E-state index is -0.800. The molecule has 1 saturated heterocycles. The molecule has 0 radical (unpaired) electrons. The summed E-state index contributed by atoms with van der Waals surface area (Å²) in [7, 11) is 0. The van der Waals surface area contributed by atoms with Gasteiger partial charge in [-0.3, -0.25) is 24.5 Å². The van der Waals surface area contributed by atoms with Gasteiger partial charge in [0.2, 0.25) is 11.8 Å². The first kappa shape index (κ1) is 19.5. The molecular formula is C19H16ClN3O5. The minimum absolute atomic E-state index is 0.112. The number of para-hydroxylation sites is 1. The molecule has 2 aromatic carbocycles. The molecule has 1 fully saturated rings. The quantitative estimate of drug-likeness (QED) is 0.434. The summed E-state index contributed by atoms with van der Waals surface area (Å²) >= 11 is 5.88. The van der Waals surface area contributed by atoms with Crippen molar-refractivity contribution in [3.8, 4) is 0 Å². The zero-order valence-corrected chi connectivity index (χ0v) is 15.5. The number of hydrazine groups is 1. The van der Waals surface area contributed by atoms with E-state index in [9.17, 15) is 24.5 Å². The van der Waals surface area contributed by atoms with Crippen molar-refractivity contribution in [2.45, 2.75) is 25.8 Å². The summed E-state index contributed by atoms with van der Waals surface area (Å²) in [4.78, 5) is 48.6. The van der Waals surface area contributed by atoms with Crippen LogP contribution in [0.3, 0.4) is 0 Å². The van der Waals surface area contributed by atoms with Crippen LogP contribution in [0.15, 0.2) is 48.5 Å². The van der Waals surface area contributed by atoms with Gasteiger partial charge in [-0.1, -0.05) is 35.9 Å². The first-order valence-electron chi connectivity index (χ1n) is 8.54. The Bertz CT molecular complexity index is 929. The Balaban J connectivity index is 2.03. The lowest BCUT2D eigenvalue weighted by molar-refractivity contribution is -0.385. The van der Waals surface area contributed by atoms with E-state index in [0.717, 1.165) is 10.0 Å². The zero-order valence-electron chi connectivity index (χ0n) is 14.7. The van der Waals surface area contributed by atoms with Gasteiger partial charge < -0.3 is 0 Å². The lowest BCUT2D eigenvalue weighted by Crippen LogP contribution is -2.54.